The minimum absolute atomic E-state index is 0.0900. The lowest BCUT2D eigenvalue weighted by Gasteiger charge is -2.36. The van der Waals surface area contributed by atoms with Crippen LogP contribution in [0.5, 0.6) is 0 Å². The average molecular weight is 731 g/mol. The lowest BCUT2D eigenvalue weighted by atomic mass is 9.79. The molecule has 0 aromatic heterocycles. The maximum absolute atomic E-state index is 14.6. The van der Waals surface area contributed by atoms with E-state index in [2.05, 4.69) is 55.7 Å². The quantitative estimate of drug-likeness (QED) is 0.0752. The fourth-order valence-corrected chi connectivity index (χ4v) is 8.93. The van der Waals surface area contributed by atoms with E-state index in [9.17, 15) is 14.4 Å². The van der Waals surface area contributed by atoms with Gasteiger partial charge in [0.1, 0.15) is 12.6 Å². The Morgan fingerprint density at radius 3 is 1.71 bits per heavy atom. The first kappa shape index (κ1) is 36.8. The highest BCUT2D eigenvalue weighted by Crippen LogP contribution is 2.45. The van der Waals surface area contributed by atoms with E-state index in [1.165, 1.54) is 10.8 Å². The molecule has 6 rings (SSSR count). The van der Waals surface area contributed by atoms with Gasteiger partial charge < -0.3 is 20.1 Å². The molecule has 7 nitrogen and oxygen atoms in total. The third-order valence-corrected chi connectivity index (χ3v) is 12.2. The molecule has 2 N–H and O–H groups in total. The number of amides is 2. The Balaban J connectivity index is 1.31. The molecule has 5 aromatic carbocycles. The smallest absolute Gasteiger partial charge is 0.407 e. The van der Waals surface area contributed by atoms with Crippen molar-refractivity contribution in [2.24, 2.45) is 0 Å². The van der Waals surface area contributed by atoms with Crippen molar-refractivity contribution in [3.8, 4) is 11.1 Å². The number of hydrogen-bond acceptors (Lipinski definition) is 7. The van der Waals surface area contributed by atoms with E-state index in [1.807, 2.05) is 84.9 Å². The van der Waals surface area contributed by atoms with E-state index in [0.717, 1.165) is 22.3 Å². The number of nitrogens with one attached hydrogen (secondary N) is 2. The zero-order chi connectivity index (χ0) is 36.7. The van der Waals surface area contributed by atoms with E-state index in [4.69, 9.17) is 9.47 Å². The molecule has 9 heteroatoms. The third kappa shape index (κ3) is 8.06. The Kier molecular flexibility index (Phi) is 11.4. The fraction of sp³-hybridized carbons (Fsp3) is 0.233. The van der Waals surface area contributed by atoms with Gasteiger partial charge in [0.2, 0.25) is 0 Å². The third-order valence-electron chi connectivity index (χ3n) is 8.86. The molecule has 5 aromatic rings. The van der Waals surface area contributed by atoms with E-state index >= 15 is 0 Å². The lowest BCUT2D eigenvalue weighted by molar-refractivity contribution is -0.155. The predicted octanol–water partition coefficient (Wildman–Crippen LogP) is 8.97. The largest absolute Gasteiger partial charge is 0.449 e. The number of benzene rings is 5. The van der Waals surface area contributed by atoms with Crippen LogP contribution >= 0.6 is 21.6 Å². The van der Waals surface area contributed by atoms with Crippen LogP contribution in [-0.2, 0) is 19.9 Å². The molecule has 1 aliphatic rings. The van der Waals surface area contributed by atoms with Crippen LogP contribution in [0.25, 0.3) is 11.1 Å². The maximum Gasteiger partial charge on any atom is 0.407 e. The Morgan fingerprint density at radius 1 is 0.692 bits per heavy atom. The summed E-state index contributed by atoms with van der Waals surface area (Å²) in [4.78, 5) is 40.7. The molecule has 0 heterocycles. The molecule has 1 aliphatic carbocycles. The first-order valence-corrected chi connectivity index (χ1v) is 19.5. The number of hydrogen-bond donors (Lipinski definition) is 2. The van der Waals surface area contributed by atoms with Crippen LogP contribution < -0.4 is 10.6 Å². The Morgan fingerprint density at radius 2 is 1.19 bits per heavy atom. The summed E-state index contributed by atoms with van der Waals surface area (Å²) in [5.74, 6) is -0.746. The molecule has 0 aliphatic heterocycles. The highest BCUT2D eigenvalue weighted by atomic mass is 33.1. The van der Waals surface area contributed by atoms with E-state index in [0.29, 0.717) is 22.3 Å². The second-order valence-corrected chi connectivity index (χ2v) is 16.7. The summed E-state index contributed by atoms with van der Waals surface area (Å²) in [6.07, 6.45) is -0.704. The van der Waals surface area contributed by atoms with Crippen molar-refractivity contribution in [1.29, 1.82) is 0 Å². The van der Waals surface area contributed by atoms with Gasteiger partial charge in [-0.2, -0.15) is 0 Å². The van der Waals surface area contributed by atoms with Crippen molar-refractivity contribution in [2.75, 3.05) is 19.4 Å². The second kappa shape index (κ2) is 16.1. The number of rotatable bonds is 12. The van der Waals surface area contributed by atoms with Crippen LogP contribution in [0, 0.1) is 0 Å². The zero-order valence-electron chi connectivity index (χ0n) is 29.6. The standard InChI is InChI=1S/C43H42N2O5S2/c1-42(2,3)52-51-28-38(45-41(48)49-27-37-35-21-13-11-19-33(35)34-20-12-14-22-36(34)37)40(47)50-43(30-15-7-5-8-16-30,31-17-9-6-10-18-31)32-25-23-29(24-26-32)39(46)44-4/h5-26,37-38H,27-28H2,1-4H3,(H,44,46)(H,45,48)/t38-/m0/s1. The highest BCUT2D eigenvalue weighted by molar-refractivity contribution is 8.77. The van der Waals surface area contributed by atoms with Crippen molar-refractivity contribution in [2.45, 2.75) is 43.1 Å². The number of carbonyl (C=O) groups is 3. The van der Waals surface area contributed by atoms with Crippen LogP contribution in [0.2, 0.25) is 0 Å². The molecule has 0 saturated heterocycles. The van der Waals surface area contributed by atoms with Gasteiger partial charge in [-0.25, -0.2) is 9.59 Å². The van der Waals surface area contributed by atoms with Crippen LogP contribution in [0.1, 0.15) is 64.9 Å². The molecule has 52 heavy (non-hydrogen) atoms. The molecule has 0 saturated carbocycles. The number of fused-ring (bicyclic) bond motifs is 3. The van der Waals surface area contributed by atoms with Crippen LogP contribution in [0.3, 0.4) is 0 Å². The zero-order valence-corrected chi connectivity index (χ0v) is 31.3. The summed E-state index contributed by atoms with van der Waals surface area (Å²) in [6.45, 7) is 6.39. The van der Waals surface area contributed by atoms with Crippen molar-refractivity contribution >= 4 is 39.6 Å². The minimum atomic E-state index is -1.41. The van der Waals surface area contributed by atoms with E-state index in [1.54, 1.807) is 42.1 Å². The van der Waals surface area contributed by atoms with Gasteiger partial charge in [0.15, 0.2) is 5.60 Å². The van der Waals surface area contributed by atoms with Gasteiger partial charge in [0.25, 0.3) is 5.91 Å². The van der Waals surface area contributed by atoms with Gasteiger partial charge in [0, 0.05) is 45.7 Å². The second-order valence-electron chi connectivity index (χ2n) is 13.5. The molecule has 0 unspecified atom stereocenters. The summed E-state index contributed by atoms with van der Waals surface area (Å²) in [7, 11) is 4.68. The monoisotopic (exact) mass is 730 g/mol. The molecular formula is C43H42N2O5S2. The maximum atomic E-state index is 14.6. The van der Waals surface area contributed by atoms with Crippen molar-refractivity contribution < 1.29 is 23.9 Å². The minimum Gasteiger partial charge on any atom is -0.449 e. The predicted molar refractivity (Wildman–Crippen MR) is 210 cm³/mol. The summed E-state index contributed by atoms with van der Waals surface area (Å²) < 4.78 is 12.5. The van der Waals surface area contributed by atoms with Crippen molar-refractivity contribution in [1.82, 2.24) is 10.6 Å². The van der Waals surface area contributed by atoms with Crippen LogP contribution in [-0.4, -0.2) is 48.2 Å². The first-order valence-electron chi connectivity index (χ1n) is 17.2. The van der Waals surface area contributed by atoms with Crippen molar-refractivity contribution in [3.05, 3.63) is 167 Å². The highest BCUT2D eigenvalue weighted by Gasteiger charge is 2.43. The van der Waals surface area contributed by atoms with Gasteiger partial charge in [-0.3, -0.25) is 4.79 Å². The molecule has 0 radical (unpaired) electrons. The SMILES string of the molecule is CNC(=O)c1ccc(C(OC(=O)[C@H](CSSC(C)(C)C)NC(=O)OCC2c3ccccc3-c3ccccc32)(c2ccccc2)c2ccccc2)cc1. The number of carbonyl (C=O) groups excluding carboxylic acids is 3. The fourth-order valence-electron chi connectivity index (χ4n) is 6.47. The van der Waals surface area contributed by atoms with Gasteiger partial charge in [-0.1, -0.05) is 164 Å². The average Bonchev–Trinajstić information content (AvgIpc) is 3.49. The Bertz CT molecular complexity index is 1930. The molecule has 2 amide bonds. The summed E-state index contributed by atoms with van der Waals surface area (Å²) in [5, 5.41) is 5.52. The molecule has 1 atom stereocenters. The molecular weight excluding hydrogens is 689 g/mol. The van der Waals surface area contributed by atoms with Gasteiger partial charge in [0.05, 0.1) is 0 Å². The molecule has 0 bridgehead atoms. The van der Waals surface area contributed by atoms with Gasteiger partial charge in [-0.15, -0.1) is 0 Å². The Hall–Kier alpha value is -4.99. The van der Waals surface area contributed by atoms with Gasteiger partial charge in [-0.05, 0) is 34.4 Å². The first-order chi connectivity index (χ1) is 25.1. The summed E-state index contributed by atoms with van der Waals surface area (Å²) >= 11 is 0. The number of alkyl carbamates (subject to hydrolysis) is 1. The van der Waals surface area contributed by atoms with Crippen molar-refractivity contribution in [3.63, 3.8) is 0 Å². The van der Waals surface area contributed by atoms with Crippen LogP contribution in [0.4, 0.5) is 4.79 Å². The Labute approximate surface area is 313 Å². The summed E-state index contributed by atoms with van der Waals surface area (Å²) in [5.41, 5.74) is 5.57. The lowest BCUT2D eigenvalue weighted by Crippen LogP contribution is -2.47. The van der Waals surface area contributed by atoms with Gasteiger partial charge >= 0.3 is 12.1 Å². The summed E-state index contributed by atoms with van der Waals surface area (Å²) in [6, 6.07) is 41.3. The van der Waals surface area contributed by atoms with Crippen LogP contribution in [0.15, 0.2) is 133 Å². The molecule has 0 fully saturated rings. The number of esters is 1. The van der Waals surface area contributed by atoms with E-state index < -0.39 is 23.7 Å². The molecule has 0 spiro atoms. The molecule has 266 valence electrons. The normalized spacial score (nSPS) is 13.0. The topological polar surface area (TPSA) is 93.7 Å². The number of ether oxygens (including phenoxy) is 2. The van der Waals surface area contributed by atoms with E-state index in [-0.39, 0.29) is 28.9 Å².